The van der Waals surface area contributed by atoms with E-state index in [1.807, 2.05) is 30.3 Å². The molecule has 1 atom stereocenters. The molecule has 0 saturated carbocycles. The minimum atomic E-state index is 0.0144. The number of benzene rings is 2. The van der Waals surface area contributed by atoms with Gasteiger partial charge < -0.3 is 10.2 Å². The summed E-state index contributed by atoms with van der Waals surface area (Å²) in [7, 11) is 2.08. The third-order valence-corrected chi connectivity index (χ3v) is 5.52. The van der Waals surface area contributed by atoms with E-state index in [0.717, 1.165) is 31.0 Å². The lowest BCUT2D eigenvalue weighted by Gasteiger charge is -2.30. The summed E-state index contributed by atoms with van der Waals surface area (Å²) in [5.41, 5.74) is 3.23. The summed E-state index contributed by atoms with van der Waals surface area (Å²) < 4.78 is 0. The molecule has 0 radical (unpaired) electrons. The van der Waals surface area contributed by atoms with Gasteiger partial charge >= 0.3 is 0 Å². The zero-order valence-electron chi connectivity index (χ0n) is 17.2. The minimum absolute atomic E-state index is 0.0144. The summed E-state index contributed by atoms with van der Waals surface area (Å²) >= 11 is 0. The molecule has 0 aliphatic carbocycles. The van der Waals surface area contributed by atoms with E-state index in [0.29, 0.717) is 6.54 Å². The third-order valence-electron chi connectivity index (χ3n) is 5.52. The van der Waals surface area contributed by atoms with Crippen LogP contribution in [0.25, 0.3) is 0 Å². The fourth-order valence-electron chi connectivity index (χ4n) is 3.88. The summed E-state index contributed by atoms with van der Waals surface area (Å²) in [4.78, 5) is 17.1. The highest BCUT2D eigenvalue weighted by Crippen LogP contribution is 2.18. The van der Waals surface area contributed by atoms with E-state index in [9.17, 15) is 4.79 Å². The first-order chi connectivity index (χ1) is 13.6. The minimum Gasteiger partial charge on any atom is -0.375 e. The molecular weight excluding hydrogens is 346 g/mol. The van der Waals surface area contributed by atoms with Gasteiger partial charge in [-0.05, 0) is 61.6 Å². The number of hydrogen-bond acceptors (Lipinski definition) is 3. The van der Waals surface area contributed by atoms with Crippen molar-refractivity contribution in [3.05, 3.63) is 65.7 Å². The summed E-state index contributed by atoms with van der Waals surface area (Å²) in [5.74, 6) is 0.806. The van der Waals surface area contributed by atoms with Crippen LogP contribution in [0.2, 0.25) is 0 Å². The van der Waals surface area contributed by atoms with Gasteiger partial charge in [-0.15, -0.1) is 0 Å². The van der Waals surface area contributed by atoms with Crippen LogP contribution in [0.1, 0.15) is 42.1 Å². The van der Waals surface area contributed by atoms with Crippen LogP contribution in [-0.4, -0.2) is 44.0 Å². The number of nitrogens with one attached hydrogen (secondary N) is 1. The van der Waals surface area contributed by atoms with E-state index >= 15 is 0 Å². The number of nitrogens with zero attached hydrogens (tertiary/aromatic N) is 2. The Kier molecular flexibility index (Phi) is 7.49. The number of hydrogen-bond donors (Lipinski definition) is 1. The highest BCUT2D eigenvalue weighted by molar-refractivity contribution is 5.94. The van der Waals surface area contributed by atoms with Crippen LogP contribution in [0, 0.1) is 5.92 Å². The van der Waals surface area contributed by atoms with E-state index < -0.39 is 0 Å². The Morgan fingerprint density at radius 3 is 2.61 bits per heavy atom. The van der Waals surface area contributed by atoms with Crippen molar-refractivity contribution >= 4 is 11.6 Å². The largest absolute Gasteiger partial charge is 0.375 e. The van der Waals surface area contributed by atoms with Gasteiger partial charge in [0, 0.05) is 44.5 Å². The number of piperidine rings is 1. The Labute approximate surface area is 169 Å². The fraction of sp³-hybridized carbons (Fsp3) is 0.458. The van der Waals surface area contributed by atoms with Gasteiger partial charge in [0.1, 0.15) is 0 Å². The monoisotopic (exact) mass is 379 g/mol. The molecule has 3 rings (SSSR count). The molecule has 0 bridgehead atoms. The smallest absolute Gasteiger partial charge is 0.251 e. The number of amides is 1. The van der Waals surface area contributed by atoms with Crippen molar-refractivity contribution in [2.75, 3.05) is 38.1 Å². The molecular formula is C24H33N3O. The molecule has 4 nitrogen and oxygen atoms in total. The Hall–Kier alpha value is -2.33. The number of rotatable bonds is 8. The maximum atomic E-state index is 12.4. The van der Waals surface area contributed by atoms with E-state index in [1.54, 1.807) is 0 Å². The molecule has 2 aromatic rings. The molecule has 28 heavy (non-hydrogen) atoms. The van der Waals surface area contributed by atoms with Crippen LogP contribution >= 0.6 is 0 Å². The van der Waals surface area contributed by atoms with Crippen LogP contribution < -0.4 is 10.2 Å². The van der Waals surface area contributed by atoms with Crippen LogP contribution in [0.5, 0.6) is 0 Å². The highest BCUT2D eigenvalue weighted by atomic mass is 16.1. The zero-order valence-corrected chi connectivity index (χ0v) is 17.2. The summed E-state index contributed by atoms with van der Waals surface area (Å²) in [6.45, 7) is 7.28. The standard InChI is InChI=1S/C24H33N3O/c1-20-8-6-17-27(18-20)19-21-11-13-22(14-12-21)24(28)25-15-7-16-26(2)23-9-4-3-5-10-23/h3-5,9-14,20H,6-8,15-19H2,1-2H3,(H,25,28)/t20-/m1/s1. The fourth-order valence-corrected chi connectivity index (χ4v) is 3.88. The first kappa shape index (κ1) is 20.4. The van der Waals surface area contributed by atoms with Gasteiger partial charge in [-0.3, -0.25) is 9.69 Å². The molecule has 0 aromatic heterocycles. The Morgan fingerprint density at radius 2 is 1.89 bits per heavy atom. The molecule has 1 fully saturated rings. The molecule has 0 unspecified atom stereocenters. The van der Waals surface area contributed by atoms with Crippen molar-refractivity contribution in [3.8, 4) is 0 Å². The molecule has 2 aromatic carbocycles. The molecule has 1 aliphatic heterocycles. The van der Waals surface area contributed by atoms with Crippen molar-refractivity contribution in [2.45, 2.75) is 32.7 Å². The molecule has 1 N–H and O–H groups in total. The van der Waals surface area contributed by atoms with Crippen LogP contribution in [0.4, 0.5) is 5.69 Å². The molecule has 0 spiro atoms. The predicted molar refractivity (Wildman–Crippen MR) is 117 cm³/mol. The normalized spacial score (nSPS) is 17.3. The summed E-state index contributed by atoms with van der Waals surface area (Å²) in [5, 5.41) is 3.04. The van der Waals surface area contributed by atoms with Crippen molar-refractivity contribution in [1.82, 2.24) is 10.2 Å². The maximum absolute atomic E-state index is 12.4. The quantitative estimate of drug-likeness (QED) is 0.699. The number of para-hydroxylation sites is 1. The second kappa shape index (κ2) is 10.3. The van der Waals surface area contributed by atoms with Crippen LogP contribution in [0.3, 0.4) is 0 Å². The van der Waals surface area contributed by atoms with E-state index in [1.165, 1.54) is 37.2 Å². The predicted octanol–water partition coefficient (Wildman–Crippen LogP) is 4.17. The highest BCUT2D eigenvalue weighted by Gasteiger charge is 2.16. The average molecular weight is 380 g/mol. The van der Waals surface area contributed by atoms with Gasteiger partial charge in [-0.2, -0.15) is 0 Å². The Balaban J connectivity index is 1.39. The van der Waals surface area contributed by atoms with Gasteiger partial charge in [0.25, 0.3) is 5.91 Å². The van der Waals surface area contributed by atoms with Crippen LogP contribution in [-0.2, 0) is 6.54 Å². The lowest BCUT2D eigenvalue weighted by atomic mass is 9.99. The molecule has 150 valence electrons. The van der Waals surface area contributed by atoms with Crippen molar-refractivity contribution in [2.24, 2.45) is 5.92 Å². The topological polar surface area (TPSA) is 35.6 Å². The number of carbonyl (C=O) groups excluding carboxylic acids is 1. The molecule has 1 heterocycles. The third kappa shape index (κ3) is 6.10. The maximum Gasteiger partial charge on any atom is 0.251 e. The van der Waals surface area contributed by atoms with Gasteiger partial charge in [0.05, 0.1) is 0 Å². The average Bonchev–Trinajstić information content (AvgIpc) is 2.72. The van der Waals surface area contributed by atoms with Gasteiger partial charge in [0.2, 0.25) is 0 Å². The first-order valence-electron chi connectivity index (χ1n) is 10.5. The Bertz CT molecular complexity index is 729. The van der Waals surface area contributed by atoms with Gasteiger partial charge in [0.15, 0.2) is 0 Å². The SMILES string of the molecule is C[C@@H]1CCCN(Cc2ccc(C(=O)NCCCN(C)c3ccccc3)cc2)C1. The second-order valence-corrected chi connectivity index (χ2v) is 8.05. The van der Waals surface area contributed by atoms with Crippen molar-refractivity contribution in [1.29, 1.82) is 0 Å². The summed E-state index contributed by atoms with van der Waals surface area (Å²) in [6, 6.07) is 18.4. The van der Waals surface area contributed by atoms with Crippen LogP contribution in [0.15, 0.2) is 54.6 Å². The summed E-state index contributed by atoms with van der Waals surface area (Å²) in [6.07, 6.45) is 3.56. The number of likely N-dealkylation sites (tertiary alicyclic amines) is 1. The number of carbonyl (C=O) groups is 1. The first-order valence-corrected chi connectivity index (χ1v) is 10.5. The lowest BCUT2D eigenvalue weighted by molar-refractivity contribution is 0.0953. The van der Waals surface area contributed by atoms with E-state index in [2.05, 4.69) is 53.4 Å². The van der Waals surface area contributed by atoms with Gasteiger partial charge in [-0.1, -0.05) is 37.3 Å². The molecule has 1 aliphatic rings. The number of anilines is 1. The molecule has 1 amide bonds. The zero-order chi connectivity index (χ0) is 19.8. The second-order valence-electron chi connectivity index (χ2n) is 8.05. The van der Waals surface area contributed by atoms with E-state index in [4.69, 9.17) is 0 Å². The Morgan fingerprint density at radius 1 is 1.14 bits per heavy atom. The molecule has 1 saturated heterocycles. The van der Waals surface area contributed by atoms with Crippen molar-refractivity contribution < 1.29 is 4.79 Å². The van der Waals surface area contributed by atoms with E-state index in [-0.39, 0.29) is 5.91 Å². The lowest BCUT2D eigenvalue weighted by Crippen LogP contribution is -2.33. The molecule has 4 heteroatoms. The van der Waals surface area contributed by atoms with Gasteiger partial charge in [-0.25, -0.2) is 0 Å². The van der Waals surface area contributed by atoms with Crippen molar-refractivity contribution in [3.63, 3.8) is 0 Å².